The van der Waals surface area contributed by atoms with E-state index in [1.807, 2.05) is 0 Å². The average Bonchev–Trinajstić information content (AvgIpc) is 3.46. The third-order valence-corrected chi connectivity index (χ3v) is 7.67. The zero-order chi connectivity index (χ0) is 26.0. The molecule has 2 aliphatic heterocycles. The van der Waals surface area contributed by atoms with E-state index in [2.05, 4.69) is 40.2 Å². The fraction of sp³-hybridized carbons (Fsp3) is 0.375. The van der Waals surface area contributed by atoms with E-state index in [0.29, 0.717) is 5.57 Å². The van der Waals surface area contributed by atoms with E-state index < -0.39 is 41.7 Å². The van der Waals surface area contributed by atoms with Crippen molar-refractivity contribution < 1.29 is 34.2 Å². The molecule has 4 rings (SSSR count). The SMILES string of the molecule is CON=C(C(=O)NC1C(=O)N2C(C(=O)O)=C(CSc3nnnn3CC(=O)O)CS[C@H]12)c1nsc(N)n1. The summed E-state index contributed by atoms with van der Waals surface area (Å²) in [5.41, 5.74) is 5.47. The fourth-order valence-electron chi connectivity index (χ4n) is 3.29. The second-order valence-electron chi connectivity index (χ2n) is 7.00. The number of carbonyl (C=O) groups is 4. The molecule has 0 aromatic carbocycles. The topological polar surface area (TPSA) is 241 Å². The second-order valence-corrected chi connectivity index (χ2v) is 9.83. The van der Waals surface area contributed by atoms with E-state index in [1.54, 1.807) is 0 Å². The van der Waals surface area contributed by atoms with Gasteiger partial charge in [0.15, 0.2) is 5.13 Å². The second kappa shape index (κ2) is 10.5. The number of carbonyl (C=O) groups excluding carboxylic acids is 2. The van der Waals surface area contributed by atoms with Gasteiger partial charge in [0.1, 0.15) is 30.8 Å². The van der Waals surface area contributed by atoms with Gasteiger partial charge in [-0.15, -0.1) is 16.9 Å². The van der Waals surface area contributed by atoms with Crippen LogP contribution in [-0.4, -0.2) is 104 Å². The minimum atomic E-state index is -1.32. The lowest BCUT2D eigenvalue weighted by atomic mass is 10.0. The Labute approximate surface area is 213 Å². The van der Waals surface area contributed by atoms with Gasteiger partial charge in [0.2, 0.25) is 16.7 Å². The Morgan fingerprint density at radius 2 is 2.14 bits per heavy atom. The van der Waals surface area contributed by atoms with Gasteiger partial charge in [0.05, 0.1) is 0 Å². The van der Waals surface area contributed by atoms with E-state index in [1.165, 1.54) is 18.9 Å². The van der Waals surface area contributed by atoms with Gasteiger partial charge in [0, 0.05) is 23.0 Å². The molecule has 2 aromatic rings. The summed E-state index contributed by atoms with van der Waals surface area (Å²) in [5, 5.41) is 35.3. The number of nitrogens with zero attached hydrogens (tertiary/aromatic N) is 8. The maximum absolute atomic E-state index is 12.9. The molecule has 1 fully saturated rings. The number of nitrogen functional groups attached to an aromatic ring is 1. The minimum Gasteiger partial charge on any atom is -0.480 e. The number of rotatable bonds is 10. The molecule has 5 N–H and O–H groups in total. The molecule has 4 heterocycles. The van der Waals surface area contributed by atoms with E-state index >= 15 is 0 Å². The third-order valence-electron chi connectivity index (χ3n) is 4.75. The third kappa shape index (κ3) is 4.95. The quantitative estimate of drug-likeness (QED) is 0.108. The number of β-lactam (4-membered cyclic amide) rings is 1. The maximum atomic E-state index is 12.9. The largest absolute Gasteiger partial charge is 0.480 e. The number of tetrazole rings is 1. The zero-order valence-corrected chi connectivity index (χ0v) is 20.5. The normalized spacial score (nSPS) is 19.5. The first-order chi connectivity index (χ1) is 17.2. The number of nitrogens with two attached hydrogens (primary N) is 1. The molecular weight excluding hydrogens is 540 g/mol. The lowest BCUT2D eigenvalue weighted by molar-refractivity contribution is -0.150. The van der Waals surface area contributed by atoms with Crippen molar-refractivity contribution in [2.24, 2.45) is 5.16 Å². The highest BCUT2D eigenvalue weighted by molar-refractivity contribution is 8.01. The van der Waals surface area contributed by atoms with Gasteiger partial charge >= 0.3 is 11.9 Å². The number of aliphatic carboxylic acids is 2. The summed E-state index contributed by atoms with van der Waals surface area (Å²) in [6, 6.07) is -1.02. The van der Waals surface area contributed by atoms with E-state index in [-0.39, 0.29) is 39.0 Å². The van der Waals surface area contributed by atoms with Crippen LogP contribution in [0.25, 0.3) is 0 Å². The zero-order valence-electron chi connectivity index (χ0n) is 18.1. The number of carboxylic acid groups (broad SMARTS) is 2. The van der Waals surface area contributed by atoms with Crippen LogP contribution >= 0.6 is 35.1 Å². The summed E-state index contributed by atoms with van der Waals surface area (Å²) in [6.45, 7) is -0.458. The molecule has 0 aliphatic carbocycles. The smallest absolute Gasteiger partial charge is 0.352 e. The van der Waals surface area contributed by atoms with Gasteiger partial charge in [-0.05, 0) is 16.0 Å². The highest BCUT2D eigenvalue weighted by Gasteiger charge is 2.54. The van der Waals surface area contributed by atoms with Crippen LogP contribution in [0.5, 0.6) is 0 Å². The number of nitrogens with one attached hydrogen (secondary N) is 1. The summed E-state index contributed by atoms with van der Waals surface area (Å²) >= 11 is 3.15. The number of anilines is 1. The lowest BCUT2D eigenvalue weighted by Crippen LogP contribution is -2.71. The van der Waals surface area contributed by atoms with Crippen molar-refractivity contribution in [3.8, 4) is 0 Å². The molecule has 190 valence electrons. The molecule has 0 radical (unpaired) electrons. The Kier molecular flexibility index (Phi) is 7.35. The summed E-state index contributed by atoms with van der Waals surface area (Å²) in [4.78, 5) is 58.3. The molecule has 0 bridgehead atoms. The molecule has 1 saturated heterocycles. The first kappa shape index (κ1) is 25.3. The van der Waals surface area contributed by atoms with Gasteiger partial charge in [0.25, 0.3) is 11.8 Å². The van der Waals surface area contributed by atoms with Crippen LogP contribution in [0.4, 0.5) is 5.13 Å². The van der Waals surface area contributed by atoms with Crippen molar-refractivity contribution in [1.29, 1.82) is 0 Å². The molecule has 2 aromatic heterocycles. The Morgan fingerprint density at radius 1 is 1.36 bits per heavy atom. The molecule has 17 nitrogen and oxygen atoms in total. The van der Waals surface area contributed by atoms with Crippen LogP contribution in [0.2, 0.25) is 0 Å². The maximum Gasteiger partial charge on any atom is 0.352 e. The summed E-state index contributed by atoms with van der Waals surface area (Å²) in [6.07, 6.45) is 0. The first-order valence-corrected chi connectivity index (χ1v) is 12.5. The predicted molar refractivity (Wildman–Crippen MR) is 124 cm³/mol. The van der Waals surface area contributed by atoms with Crippen molar-refractivity contribution in [3.63, 3.8) is 0 Å². The number of amides is 2. The van der Waals surface area contributed by atoms with Crippen LogP contribution in [0, 0.1) is 0 Å². The molecule has 2 atom stereocenters. The standard InChI is InChI=1S/C16H16N10O7S3/c1-33-21-7(10-19-15(17)36-22-10)11(29)18-8-12(30)26-9(14(31)32)5(3-34-13(8)26)4-35-16-20-23-24-25(16)2-6(27)28/h8,13H,2-4H2,1H3,(H,18,29)(H,27,28)(H,31,32)(H2,17,19,22)/t8?,13-/m1/s1. The molecule has 36 heavy (non-hydrogen) atoms. The van der Waals surface area contributed by atoms with Crippen molar-refractivity contribution in [1.82, 2.24) is 39.8 Å². The number of hydrogen-bond acceptors (Lipinski definition) is 15. The van der Waals surface area contributed by atoms with E-state index in [4.69, 9.17) is 10.8 Å². The van der Waals surface area contributed by atoms with Crippen LogP contribution in [0.1, 0.15) is 5.82 Å². The molecular formula is C16H16N10O7S3. The predicted octanol–water partition coefficient (Wildman–Crippen LogP) is -1.93. The molecule has 1 unspecified atom stereocenters. The lowest BCUT2D eigenvalue weighted by Gasteiger charge is -2.49. The van der Waals surface area contributed by atoms with E-state index in [9.17, 15) is 24.3 Å². The number of aromatic nitrogens is 6. The molecule has 20 heteroatoms. The average molecular weight is 557 g/mol. The Morgan fingerprint density at radius 3 is 2.78 bits per heavy atom. The summed E-state index contributed by atoms with van der Waals surface area (Å²) in [5.74, 6) is -3.62. The number of fused-ring (bicyclic) bond motifs is 1. The molecule has 0 saturated carbocycles. The van der Waals surface area contributed by atoms with Gasteiger partial charge in [-0.2, -0.15) is 9.36 Å². The summed E-state index contributed by atoms with van der Waals surface area (Å²) in [7, 11) is 1.22. The van der Waals surface area contributed by atoms with Gasteiger partial charge in [-0.1, -0.05) is 16.9 Å². The van der Waals surface area contributed by atoms with Crippen molar-refractivity contribution >= 4 is 69.7 Å². The molecule has 0 spiro atoms. The van der Waals surface area contributed by atoms with Gasteiger partial charge < -0.3 is 26.1 Å². The Balaban J connectivity index is 1.48. The number of oxime groups is 1. The van der Waals surface area contributed by atoms with Crippen molar-refractivity contribution in [2.75, 3.05) is 24.3 Å². The first-order valence-electron chi connectivity index (χ1n) is 9.73. The number of carboxylic acids is 2. The Hall–Kier alpha value is -3.78. The van der Waals surface area contributed by atoms with Crippen molar-refractivity contribution in [2.45, 2.75) is 23.1 Å². The monoisotopic (exact) mass is 556 g/mol. The number of hydrogen-bond donors (Lipinski definition) is 4. The molecule has 2 aliphatic rings. The highest BCUT2D eigenvalue weighted by Crippen LogP contribution is 2.41. The fourth-order valence-corrected chi connectivity index (χ4v) is 6.09. The minimum absolute atomic E-state index is 0.0764. The van der Waals surface area contributed by atoms with E-state index in [0.717, 1.165) is 32.9 Å². The molecule has 2 amide bonds. The number of thioether (sulfide) groups is 2. The summed E-state index contributed by atoms with van der Waals surface area (Å²) < 4.78 is 4.98. The van der Waals surface area contributed by atoms with Crippen LogP contribution < -0.4 is 11.1 Å². The van der Waals surface area contributed by atoms with Crippen LogP contribution in [0.3, 0.4) is 0 Å². The van der Waals surface area contributed by atoms with Crippen molar-refractivity contribution in [3.05, 3.63) is 17.1 Å². The van der Waals surface area contributed by atoms with Crippen LogP contribution in [0.15, 0.2) is 21.6 Å². The van der Waals surface area contributed by atoms with Crippen LogP contribution in [-0.2, 0) is 30.6 Å². The Bertz CT molecular complexity index is 1290. The van der Waals surface area contributed by atoms with Gasteiger partial charge in [-0.3, -0.25) is 19.3 Å². The highest BCUT2D eigenvalue weighted by atomic mass is 32.2. The van der Waals surface area contributed by atoms with Gasteiger partial charge in [-0.25, -0.2) is 9.48 Å².